The van der Waals surface area contributed by atoms with Crippen LogP contribution in [0.4, 0.5) is 5.69 Å². The molecule has 0 aliphatic rings. The normalized spacial score (nSPS) is 10.5. The van der Waals surface area contributed by atoms with Crippen LogP contribution in [0.1, 0.15) is 0 Å². The van der Waals surface area contributed by atoms with E-state index in [9.17, 15) is 0 Å². The fourth-order valence-corrected chi connectivity index (χ4v) is 1.22. The van der Waals surface area contributed by atoms with E-state index in [0.717, 1.165) is 11.3 Å². The van der Waals surface area contributed by atoms with Gasteiger partial charge < -0.3 is 14.8 Å². The molecule has 2 N–H and O–H groups in total. The average molecular weight is 177 g/mol. The number of hydrogen-bond acceptors (Lipinski definition) is 3. The Morgan fingerprint density at radius 3 is 3.23 bits per heavy atom. The van der Waals surface area contributed by atoms with E-state index in [4.69, 9.17) is 5.11 Å². The molecule has 13 heavy (non-hydrogen) atoms. The Morgan fingerprint density at radius 1 is 1.46 bits per heavy atom. The van der Waals surface area contributed by atoms with Crippen LogP contribution < -0.4 is 5.32 Å². The number of aromatic nitrogens is 2. The summed E-state index contributed by atoms with van der Waals surface area (Å²) in [4.78, 5) is 4.13. The second kappa shape index (κ2) is 3.45. The van der Waals surface area contributed by atoms with E-state index >= 15 is 0 Å². The summed E-state index contributed by atoms with van der Waals surface area (Å²) in [6.45, 7) is 0.710. The second-order valence-electron chi connectivity index (χ2n) is 2.76. The molecule has 0 aliphatic carbocycles. The van der Waals surface area contributed by atoms with Crippen LogP contribution in [0, 0.1) is 0 Å². The molecule has 0 saturated heterocycles. The third-order valence-electron chi connectivity index (χ3n) is 1.83. The summed E-state index contributed by atoms with van der Waals surface area (Å²) < 4.78 is 1.93. The Labute approximate surface area is 75.8 Å². The van der Waals surface area contributed by atoms with Gasteiger partial charge in [-0.2, -0.15) is 0 Å². The van der Waals surface area contributed by atoms with Crippen LogP contribution in [0.2, 0.25) is 0 Å². The summed E-state index contributed by atoms with van der Waals surface area (Å²) in [5, 5.41) is 11.7. The zero-order valence-electron chi connectivity index (χ0n) is 7.14. The van der Waals surface area contributed by atoms with Gasteiger partial charge in [-0.25, -0.2) is 4.98 Å². The van der Waals surface area contributed by atoms with Gasteiger partial charge in [0, 0.05) is 25.1 Å². The lowest BCUT2D eigenvalue weighted by molar-refractivity contribution is 0.311. The van der Waals surface area contributed by atoms with Gasteiger partial charge in [-0.05, 0) is 12.1 Å². The molecule has 0 atom stereocenters. The number of hydrogen-bond donors (Lipinski definition) is 2. The summed E-state index contributed by atoms with van der Waals surface area (Å²) in [6.07, 6.45) is 5.59. The van der Waals surface area contributed by atoms with E-state index < -0.39 is 0 Å². The summed E-state index contributed by atoms with van der Waals surface area (Å²) in [5.41, 5.74) is 1.91. The largest absolute Gasteiger partial charge is 0.395 e. The first-order valence-electron chi connectivity index (χ1n) is 4.17. The Morgan fingerprint density at radius 2 is 2.38 bits per heavy atom. The molecular formula is C9H11N3O. The fourth-order valence-electron chi connectivity index (χ4n) is 1.22. The van der Waals surface area contributed by atoms with Crippen LogP contribution >= 0.6 is 0 Å². The Bertz CT molecular complexity index is 396. The lowest BCUT2D eigenvalue weighted by Crippen LogP contribution is -2.05. The van der Waals surface area contributed by atoms with Crippen molar-refractivity contribution in [3.8, 4) is 0 Å². The van der Waals surface area contributed by atoms with Crippen LogP contribution in [0.3, 0.4) is 0 Å². The van der Waals surface area contributed by atoms with Gasteiger partial charge >= 0.3 is 0 Å². The van der Waals surface area contributed by atoms with Gasteiger partial charge in [-0.3, -0.25) is 0 Å². The van der Waals surface area contributed by atoms with Gasteiger partial charge in [-0.15, -0.1) is 0 Å². The number of aliphatic hydroxyl groups is 1. The van der Waals surface area contributed by atoms with Crippen molar-refractivity contribution in [2.75, 3.05) is 18.5 Å². The van der Waals surface area contributed by atoms with E-state index in [1.54, 1.807) is 6.20 Å². The number of anilines is 1. The van der Waals surface area contributed by atoms with Crippen molar-refractivity contribution in [2.24, 2.45) is 0 Å². The SMILES string of the molecule is OCCNc1ccc2nccn2c1. The second-order valence-corrected chi connectivity index (χ2v) is 2.76. The van der Waals surface area contributed by atoms with E-state index in [0.29, 0.717) is 6.54 Å². The molecule has 0 aromatic carbocycles. The Balaban J connectivity index is 2.26. The monoisotopic (exact) mass is 177 g/mol. The predicted molar refractivity (Wildman–Crippen MR) is 50.8 cm³/mol. The Kier molecular flexibility index (Phi) is 2.14. The predicted octanol–water partition coefficient (Wildman–Crippen LogP) is 0.738. The number of rotatable bonds is 3. The third-order valence-corrected chi connectivity index (χ3v) is 1.83. The first-order valence-corrected chi connectivity index (χ1v) is 4.17. The van der Waals surface area contributed by atoms with Crippen LogP contribution in [0.15, 0.2) is 30.7 Å². The molecule has 2 rings (SSSR count). The minimum atomic E-state index is 0.141. The van der Waals surface area contributed by atoms with Crippen molar-refractivity contribution in [2.45, 2.75) is 0 Å². The van der Waals surface area contributed by atoms with Gasteiger partial charge in [0.25, 0.3) is 0 Å². The highest BCUT2D eigenvalue weighted by atomic mass is 16.3. The number of nitrogens with one attached hydrogen (secondary N) is 1. The highest BCUT2D eigenvalue weighted by molar-refractivity contribution is 5.49. The molecule has 0 spiro atoms. The van der Waals surface area contributed by atoms with Crippen LogP contribution in [-0.2, 0) is 0 Å². The van der Waals surface area contributed by atoms with Crippen LogP contribution in [0.5, 0.6) is 0 Å². The lowest BCUT2D eigenvalue weighted by Gasteiger charge is -2.03. The van der Waals surface area contributed by atoms with Crippen molar-refractivity contribution in [1.82, 2.24) is 9.38 Å². The number of aliphatic hydroxyl groups excluding tert-OH is 1. The number of imidazole rings is 1. The molecule has 0 unspecified atom stereocenters. The van der Waals surface area contributed by atoms with Gasteiger partial charge in [0.1, 0.15) is 5.65 Å². The topological polar surface area (TPSA) is 49.6 Å². The molecule has 0 radical (unpaired) electrons. The minimum absolute atomic E-state index is 0.141. The molecule has 2 heterocycles. The molecule has 4 heteroatoms. The minimum Gasteiger partial charge on any atom is -0.395 e. The molecule has 0 saturated carbocycles. The maximum atomic E-state index is 8.62. The quantitative estimate of drug-likeness (QED) is 0.727. The molecule has 0 bridgehead atoms. The van der Waals surface area contributed by atoms with E-state index in [1.165, 1.54) is 0 Å². The molecule has 2 aromatic heterocycles. The summed E-state index contributed by atoms with van der Waals surface area (Å²) in [7, 11) is 0. The summed E-state index contributed by atoms with van der Waals surface area (Å²) in [6, 6.07) is 3.87. The number of fused-ring (bicyclic) bond motifs is 1. The lowest BCUT2D eigenvalue weighted by atomic mass is 10.4. The van der Waals surface area contributed by atoms with Crippen LogP contribution in [0.25, 0.3) is 5.65 Å². The van der Waals surface area contributed by atoms with Gasteiger partial charge in [0.15, 0.2) is 0 Å². The van der Waals surface area contributed by atoms with Crippen molar-refractivity contribution in [1.29, 1.82) is 0 Å². The average Bonchev–Trinajstić information content (AvgIpc) is 2.61. The molecule has 68 valence electrons. The Hall–Kier alpha value is -1.55. The van der Waals surface area contributed by atoms with E-state index in [-0.39, 0.29) is 6.61 Å². The highest BCUT2D eigenvalue weighted by Crippen LogP contribution is 2.08. The zero-order chi connectivity index (χ0) is 9.10. The molecule has 0 amide bonds. The van der Waals surface area contributed by atoms with Crippen molar-refractivity contribution < 1.29 is 5.11 Å². The molecule has 0 fully saturated rings. The van der Waals surface area contributed by atoms with Gasteiger partial charge in [0.2, 0.25) is 0 Å². The highest BCUT2D eigenvalue weighted by Gasteiger charge is 1.94. The maximum absolute atomic E-state index is 8.62. The number of nitrogens with zero attached hydrogens (tertiary/aromatic N) is 2. The first-order chi connectivity index (χ1) is 6.40. The molecular weight excluding hydrogens is 166 g/mol. The smallest absolute Gasteiger partial charge is 0.136 e. The standard InChI is InChI=1S/C9H11N3O/c13-6-4-10-8-1-2-9-11-3-5-12(9)7-8/h1-3,5,7,10,13H,4,6H2. The summed E-state index contributed by atoms with van der Waals surface area (Å²) >= 11 is 0. The molecule has 0 aliphatic heterocycles. The first kappa shape index (κ1) is 8.07. The molecule has 2 aromatic rings. The fraction of sp³-hybridized carbons (Fsp3) is 0.222. The van der Waals surface area contributed by atoms with Crippen molar-refractivity contribution >= 4 is 11.3 Å². The van der Waals surface area contributed by atoms with Crippen molar-refractivity contribution in [3.05, 3.63) is 30.7 Å². The molecule has 4 nitrogen and oxygen atoms in total. The van der Waals surface area contributed by atoms with E-state index in [2.05, 4.69) is 10.3 Å². The van der Waals surface area contributed by atoms with Gasteiger partial charge in [0.05, 0.1) is 12.3 Å². The number of pyridine rings is 1. The maximum Gasteiger partial charge on any atom is 0.136 e. The summed E-state index contributed by atoms with van der Waals surface area (Å²) in [5.74, 6) is 0. The van der Waals surface area contributed by atoms with Gasteiger partial charge in [-0.1, -0.05) is 0 Å². The third kappa shape index (κ3) is 1.62. The van der Waals surface area contributed by atoms with Crippen molar-refractivity contribution in [3.63, 3.8) is 0 Å². The zero-order valence-corrected chi connectivity index (χ0v) is 7.14. The van der Waals surface area contributed by atoms with Crippen LogP contribution in [-0.4, -0.2) is 27.6 Å². The van der Waals surface area contributed by atoms with E-state index in [1.807, 2.05) is 28.9 Å².